The van der Waals surface area contributed by atoms with Crippen molar-refractivity contribution in [2.24, 2.45) is 5.10 Å². The van der Waals surface area contributed by atoms with Crippen LogP contribution in [0.2, 0.25) is 5.02 Å². The van der Waals surface area contributed by atoms with Crippen LogP contribution in [0.5, 0.6) is 5.75 Å². The van der Waals surface area contributed by atoms with Gasteiger partial charge in [0, 0.05) is 10.6 Å². The van der Waals surface area contributed by atoms with Gasteiger partial charge in [0.05, 0.1) is 16.3 Å². The number of carbonyl (C=O) groups excluding carboxylic acids is 1. The number of aromatic hydroxyl groups is 1. The Hall–Kier alpha value is -3.36. The second-order valence-electron chi connectivity index (χ2n) is 7.46. The van der Waals surface area contributed by atoms with Crippen LogP contribution in [0, 0.1) is 13.8 Å². The third-order valence-electron chi connectivity index (χ3n) is 5.05. The highest BCUT2D eigenvalue weighted by atomic mass is 35.5. The number of amides is 1. The van der Waals surface area contributed by atoms with Crippen LogP contribution < -0.4 is 9.73 Å². The van der Waals surface area contributed by atoms with Gasteiger partial charge >= 0.3 is 0 Å². The Bertz CT molecular complexity index is 1310. The number of phenolic OH excluding ortho intramolecular Hbond substituents is 1. The van der Waals surface area contributed by atoms with Crippen LogP contribution in [0.25, 0.3) is 0 Å². The van der Waals surface area contributed by atoms with E-state index in [4.69, 9.17) is 11.6 Å². The van der Waals surface area contributed by atoms with E-state index in [0.717, 1.165) is 9.87 Å². The number of halogens is 1. The molecule has 0 fully saturated rings. The summed E-state index contributed by atoms with van der Waals surface area (Å²) in [5.74, 6) is -0.633. The molecule has 33 heavy (non-hydrogen) atoms. The lowest BCUT2D eigenvalue weighted by Gasteiger charge is -2.25. The van der Waals surface area contributed by atoms with Gasteiger partial charge in [0.25, 0.3) is 15.9 Å². The summed E-state index contributed by atoms with van der Waals surface area (Å²) in [5.41, 5.74) is 4.92. The number of sulfonamides is 1. The van der Waals surface area contributed by atoms with Crippen molar-refractivity contribution in [3.63, 3.8) is 0 Å². The molecule has 1 amide bonds. The van der Waals surface area contributed by atoms with Gasteiger partial charge in [0.15, 0.2) is 0 Å². The summed E-state index contributed by atoms with van der Waals surface area (Å²) in [5, 5.41) is 14.4. The topological polar surface area (TPSA) is 99.1 Å². The molecule has 0 aromatic heterocycles. The maximum atomic E-state index is 13.5. The minimum absolute atomic E-state index is 0.0196. The van der Waals surface area contributed by atoms with E-state index in [1.54, 1.807) is 62.4 Å². The van der Waals surface area contributed by atoms with E-state index in [9.17, 15) is 18.3 Å². The third kappa shape index (κ3) is 5.53. The number of hydrazone groups is 1. The lowest BCUT2D eigenvalue weighted by atomic mass is 10.1. The van der Waals surface area contributed by atoms with Gasteiger partial charge in [0.1, 0.15) is 12.3 Å². The summed E-state index contributed by atoms with van der Waals surface area (Å²) in [4.78, 5) is 12.8. The van der Waals surface area contributed by atoms with Crippen LogP contribution in [0.15, 0.2) is 76.7 Å². The molecule has 2 N–H and O–H groups in total. The fourth-order valence-electron chi connectivity index (χ4n) is 3.16. The fourth-order valence-corrected chi connectivity index (χ4v) is 4.80. The zero-order valence-corrected chi connectivity index (χ0v) is 20.0. The zero-order chi connectivity index (χ0) is 24.2. The molecule has 0 aliphatic rings. The van der Waals surface area contributed by atoms with Crippen LogP contribution in [0.4, 0.5) is 5.69 Å². The Morgan fingerprint density at radius 1 is 1.03 bits per heavy atom. The Labute approximate surface area is 198 Å². The standard InChI is InChI=1S/C24H24ClN3O4S/c1-16-11-13-19(14-12-16)33(31,32)28(22-9-6-8-21(25)17(22)2)15-24(30)27-26-18(3)20-7-4-5-10-23(20)29/h4-14,29H,15H2,1-3H3,(H,27,30)/b26-18-. The molecule has 3 aromatic carbocycles. The Morgan fingerprint density at radius 3 is 2.36 bits per heavy atom. The minimum Gasteiger partial charge on any atom is -0.507 e. The Kier molecular flexibility index (Phi) is 7.40. The normalized spacial score (nSPS) is 11.8. The molecule has 0 aliphatic heterocycles. The molecule has 7 nitrogen and oxygen atoms in total. The lowest BCUT2D eigenvalue weighted by molar-refractivity contribution is -0.119. The number of hydrogen-bond donors (Lipinski definition) is 2. The van der Waals surface area contributed by atoms with E-state index in [-0.39, 0.29) is 10.6 Å². The van der Waals surface area contributed by atoms with Gasteiger partial charge in [-0.05, 0) is 62.7 Å². The second-order valence-corrected chi connectivity index (χ2v) is 9.73. The van der Waals surface area contributed by atoms with Gasteiger partial charge < -0.3 is 5.11 Å². The van der Waals surface area contributed by atoms with Crippen molar-refractivity contribution in [1.82, 2.24) is 5.43 Å². The lowest BCUT2D eigenvalue weighted by Crippen LogP contribution is -2.40. The first-order valence-electron chi connectivity index (χ1n) is 10.1. The summed E-state index contributed by atoms with van der Waals surface area (Å²) in [6.07, 6.45) is 0. The number of carbonyl (C=O) groups is 1. The van der Waals surface area contributed by atoms with Crippen LogP contribution in [0.3, 0.4) is 0 Å². The molecule has 0 saturated heterocycles. The highest BCUT2D eigenvalue weighted by molar-refractivity contribution is 7.92. The molecule has 0 bridgehead atoms. The molecule has 172 valence electrons. The molecular weight excluding hydrogens is 462 g/mol. The number of nitrogens with one attached hydrogen (secondary N) is 1. The molecule has 0 atom stereocenters. The average Bonchev–Trinajstić information content (AvgIpc) is 2.78. The van der Waals surface area contributed by atoms with Crippen molar-refractivity contribution in [2.45, 2.75) is 25.7 Å². The number of hydrogen-bond acceptors (Lipinski definition) is 5. The summed E-state index contributed by atoms with van der Waals surface area (Å²) < 4.78 is 28.0. The SMILES string of the molecule is C/C(=N/NC(=O)CN(c1cccc(Cl)c1C)S(=O)(=O)c1ccc(C)cc1)c1ccccc1O. The number of anilines is 1. The quantitative estimate of drug-likeness (QED) is 0.382. The number of rotatable bonds is 7. The highest BCUT2D eigenvalue weighted by Gasteiger charge is 2.28. The highest BCUT2D eigenvalue weighted by Crippen LogP contribution is 2.30. The second kappa shape index (κ2) is 10.1. The number of phenols is 1. The summed E-state index contributed by atoms with van der Waals surface area (Å²) >= 11 is 6.23. The van der Waals surface area contributed by atoms with Gasteiger partial charge in [-0.15, -0.1) is 0 Å². The van der Waals surface area contributed by atoms with Gasteiger partial charge in [-0.1, -0.05) is 47.5 Å². The van der Waals surface area contributed by atoms with E-state index in [1.165, 1.54) is 18.2 Å². The molecule has 0 radical (unpaired) electrons. The van der Waals surface area contributed by atoms with E-state index in [0.29, 0.717) is 27.5 Å². The van der Waals surface area contributed by atoms with Crippen molar-refractivity contribution in [2.75, 3.05) is 10.8 Å². The molecule has 0 heterocycles. The van der Waals surface area contributed by atoms with Crippen LogP contribution >= 0.6 is 11.6 Å². The maximum absolute atomic E-state index is 13.5. The van der Waals surface area contributed by atoms with Gasteiger partial charge in [-0.25, -0.2) is 13.8 Å². The molecule has 0 saturated carbocycles. The predicted octanol–water partition coefficient (Wildman–Crippen LogP) is 4.40. The van der Waals surface area contributed by atoms with E-state index in [1.807, 2.05) is 6.92 Å². The van der Waals surface area contributed by atoms with Crippen molar-refractivity contribution < 1.29 is 18.3 Å². The molecular formula is C24H24ClN3O4S. The zero-order valence-electron chi connectivity index (χ0n) is 18.4. The molecule has 3 rings (SSSR count). The van der Waals surface area contributed by atoms with Gasteiger partial charge in [0.2, 0.25) is 0 Å². The summed E-state index contributed by atoms with van der Waals surface area (Å²) in [6, 6.07) is 17.8. The summed E-state index contributed by atoms with van der Waals surface area (Å²) in [6.45, 7) is 4.65. The predicted molar refractivity (Wildman–Crippen MR) is 130 cm³/mol. The average molecular weight is 486 g/mol. The van der Waals surface area contributed by atoms with Crippen LogP contribution in [0.1, 0.15) is 23.6 Å². The van der Waals surface area contributed by atoms with E-state index in [2.05, 4.69) is 10.5 Å². The largest absolute Gasteiger partial charge is 0.507 e. The monoisotopic (exact) mass is 485 g/mol. The molecule has 3 aromatic rings. The summed E-state index contributed by atoms with van der Waals surface area (Å²) in [7, 11) is -4.08. The van der Waals surface area contributed by atoms with Gasteiger partial charge in [-0.2, -0.15) is 5.10 Å². The minimum atomic E-state index is -4.08. The first-order valence-corrected chi connectivity index (χ1v) is 11.9. The van der Waals surface area contributed by atoms with E-state index >= 15 is 0 Å². The molecule has 9 heteroatoms. The first-order chi connectivity index (χ1) is 15.6. The molecule has 0 aliphatic carbocycles. The molecule has 0 spiro atoms. The number of benzene rings is 3. The fraction of sp³-hybridized carbons (Fsp3) is 0.167. The van der Waals surface area contributed by atoms with Crippen LogP contribution in [-0.4, -0.2) is 31.7 Å². The van der Waals surface area contributed by atoms with Crippen molar-refractivity contribution in [3.05, 3.63) is 88.4 Å². The van der Waals surface area contributed by atoms with E-state index < -0.39 is 22.5 Å². The maximum Gasteiger partial charge on any atom is 0.264 e. The smallest absolute Gasteiger partial charge is 0.264 e. The number of para-hydroxylation sites is 1. The van der Waals surface area contributed by atoms with Crippen molar-refractivity contribution in [3.8, 4) is 5.75 Å². The van der Waals surface area contributed by atoms with Crippen LogP contribution in [-0.2, 0) is 14.8 Å². The van der Waals surface area contributed by atoms with Crippen molar-refractivity contribution in [1.29, 1.82) is 0 Å². The van der Waals surface area contributed by atoms with Gasteiger partial charge in [-0.3, -0.25) is 9.10 Å². The Morgan fingerprint density at radius 2 is 1.70 bits per heavy atom. The Balaban J connectivity index is 1.94. The first kappa shape index (κ1) is 24.3. The third-order valence-corrected chi connectivity index (χ3v) is 7.23. The number of aryl methyl sites for hydroxylation is 1. The van der Waals surface area contributed by atoms with Crippen molar-refractivity contribution >= 4 is 38.9 Å². The number of nitrogens with zero attached hydrogens (tertiary/aromatic N) is 2. The molecule has 0 unspecified atom stereocenters.